The number of rotatable bonds is 2. The Morgan fingerprint density at radius 3 is 2.78 bits per heavy atom. The van der Waals surface area contributed by atoms with Crippen molar-refractivity contribution in [3.8, 4) is 6.07 Å². The first kappa shape index (κ1) is 14.1. The number of nitrogens with zero attached hydrogens (tertiary/aromatic N) is 6. The van der Waals surface area contributed by atoms with Crippen molar-refractivity contribution in [1.82, 2.24) is 19.2 Å². The van der Waals surface area contributed by atoms with Gasteiger partial charge in [-0.2, -0.15) is 10.4 Å². The molecular formula is C16H15ClN6. The Morgan fingerprint density at radius 2 is 2.09 bits per heavy atom. The predicted octanol–water partition coefficient (Wildman–Crippen LogP) is 2.90. The van der Waals surface area contributed by atoms with Crippen molar-refractivity contribution in [3.05, 3.63) is 47.5 Å². The number of anilines is 1. The summed E-state index contributed by atoms with van der Waals surface area (Å²) in [6.07, 6.45) is 7.33. The Hall–Kier alpha value is -2.52. The van der Waals surface area contributed by atoms with Gasteiger partial charge in [-0.15, -0.1) is 0 Å². The summed E-state index contributed by atoms with van der Waals surface area (Å²) < 4.78 is 3.78. The quantitative estimate of drug-likeness (QED) is 0.726. The van der Waals surface area contributed by atoms with Gasteiger partial charge in [-0.05, 0) is 25.0 Å². The monoisotopic (exact) mass is 326 g/mol. The van der Waals surface area contributed by atoms with Crippen LogP contribution in [0.4, 0.5) is 5.82 Å². The van der Waals surface area contributed by atoms with Crippen LogP contribution in [0.5, 0.6) is 0 Å². The number of halogens is 1. The lowest BCUT2D eigenvalue weighted by Gasteiger charge is -2.32. The van der Waals surface area contributed by atoms with Gasteiger partial charge < -0.3 is 4.90 Å². The van der Waals surface area contributed by atoms with Crippen LogP contribution in [0, 0.1) is 11.3 Å². The highest BCUT2D eigenvalue weighted by Crippen LogP contribution is 2.28. The number of aromatic nitrogens is 4. The molecule has 0 N–H and O–H groups in total. The molecule has 1 fully saturated rings. The molecule has 0 saturated carbocycles. The fourth-order valence-electron chi connectivity index (χ4n) is 3.16. The number of hydrogen-bond acceptors (Lipinski definition) is 4. The Kier molecular flexibility index (Phi) is 3.43. The Labute approximate surface area is 138 Å². The Balaban J connectivity index is 1.58. The van der Waals surface area contributed by atoms with Gasteiger partial charge in [-0.1, -0.05) is 17.7 Å². The van der Waals surface area contributed by atoms with Crippen molar-refractivity contribution in [3.63, 3.8) is 0 Å². The minimum atomic E-state index is 0.348. The summed E-state index contributed by atoms with van der Waals surface area (Å²) in [5.41, 5.74) is 1.40. The second-order valence-corrected chi connectivity index (χ2v) is 6.12. The maximum absolute atomic E-state index is 9.50. The smallest absolute Gasteiger partial charge is 0.169 e. The molecule has 4 rings (SSSR count). The Morgan fingerprint density at radius 1 is 1.26 bits per heavy atom. The largest absolute Gasteiger partial charge is 0.354 e. The maximum Gasteiger partial charge on any atom is 0.169 e. The van der Waals surface area contributed by atoms with Crippen LogP contribution in [0.1, 0.15) is 24.6 Å². The Bertz CT molecular complexity index is 881. The fourth-order valence-corrected chi connectivity index (χ4v) is 3.31. The van der Waals surface area contributed by atoms with Crippen LogP contribution >= 0.6 is 11.6 Å². The second kappa shape index (κ2) is 5.60. The van der Waals surface area contributed by atoms with Crippen molar-refractivity contribution in [2.45, 2.75) is 18.9 Å². The standard InChI is InChI=1S/C16H15ClN6/c17-12-10-19-23(11-12)13-4-7-21(8-5-13)16-14(9-18)22-6-2-1-3-15(22)20-16/h1-3,6,10-11,13H,4-5,7-8H2. The van der Waals surface area contributed by atoms with Crippen LogP contribution in [-0.2, 0) is 0 Å². The first-order chi connectivity index (χ1) is 11.3. The van der Waals surface area contributed by atoms with E-state index in [2.05, 4.69) is 21.1 Å². The number of piperidine rings is 1. The predicted molar refractivity (Wildman–Crippen MR) is 87.6 cm³/mol. The molecule has 0 spiro atoms. The third kappa shape index (κ3) is 2.43. The molecule has 0 bridgehead atoms. The summed E-state index contributed by atoms with van der Waals surface area (Å²) in [4.78, 5) is 6.82. The summed E-state index contributed by atoms with van der Waals surface area (Å²) in [5.74, 6) is 0.774. The summed E-state index contributed by atoms with van der Waals surface area (Å²) in [6.45, 7) is 1.70. The van der Waals surface area contributed by atoms with Crippen molar-refractivity contribution < 1.29 is 0 Å². The first-order valence-electron chi connectivity index (χ1n) is 7.58. The van der Waals surface area contributed by atoms with Gasteiger partial charge in [0.2, 0.25) is 0 Å². The zero-order valence-electron chi connectivity index (χ0n) is 12.4. The summed E-state index contributed by atoms with van der Waals surface area (Å²) in [6, 6.07) is 8.40. The molecule has 0 atom stereocenters. The summed E-state index contributed by atoms with van der Waals surface area (Å²) in [7, 11) is 0. The van der Waals surface area contributed by atoms with E-state index in [1.165, 1.54) is 0 Å². The molecule has 0 aromatic carbocycles. The highest BCUT2D eigenvalue weighted by molar-refractivity contribution is 6.30. The zero-order chi connectivity index (χ0) is 15.8. The molecular weight excluding hydrogens is 312 g/mol. The number of fused-ring (bicyclic) bond motifs is 1. The lowest BCUT2D eigenvalue weighted by molar-refractivity contribution is 0.366. The zero-order valence-corrected chi connectivity index (χ0v) is 13.2. The third-order valence-electron chi connectivity index (χ3n) is 4.33. The fraction of sp³-hybridized carbons (Fsp3) is 0.312. The van der Waals surface area contributed by atoms with Crippen LogP contribution in [0.2, 0.25) is 5.02 Å². The van der Waals surface area contributed by atoms with Crippen molar-refractivity contribution >= 4 is 23.1 Å². The van der Waals surface area contributed by atoms with Gasteiger partial charge in [0.05, 0.1) is 17.3 Å². The first-order valence-corrected chi connectivity index (χ1v) is 7.96. The minimum absolute atomic E-state index is 0.348. The molecule has 1 aliphatic heterocycles. The average Bonchev–Trinajstić information content (AvgIpc) is 3.18. The minimum Gasteiger partial charge on any atom is -0.354 e. The van der Waals surface area contributed by atoms with E-state index < -0.39 is 0 Å². The second-order valence-electron chi connectivity index (χ2n) is 5.68. The molecule has 0 radical (unpaired) electrons. The molecule has 1 aliphatic rings. The van der Waals surface area contributed by atoms with Crippen molar-refractivity contribution in [1.29, 1.82) is 5.26 Å². The molecule has 4 heterocycles. The number of pyridine rings is 1. The molecule has 0 unspecified atom stereocenters. The molecule has 0 amide bonds. The lowest BCUT2D eigenvalue weighted by Crippen LogP contribution is -2.35. The van der Waals surface area contributed by atoms with Crippen LogP contribution in [0.3, 0.4) is 0 Å². The lowest BCUT2D eigenvalue weighted by atomic mass is 10.1. The van der Waals surface area contributed by atoms with E-state index in [-0.39, 0.29) is 0 Å². The molecule has 116 valence electrons. The number of imidazole rings is 1. The normalized spacial score (nSPS) is 15.9. The van der Waals surface area contributed by atoms with E-state index in [4.69, 9.17) is 11.6 Å². The molecule has 6 nitrogen and oxygen atoms in total. The molecule has 3 aromatic rings. The molecule has 1 saturated heterocycles. The van der Waals surface area contributed by atoms with Crippen LogP contribution in [0.25, 0.3) is 5.65 Å². The van der Waals surface area contributed by atoms with Crippen molar-refractivity contribution in [2.24, 2.45) is 0 Å². The van der Waals surface area contributed by atoms with Crippen LogP contribution < -0.4 is 4.90 Å². The van der Waals surface area contributed by atoms with Crippen LogP contribution in [-0.4, -0.2) is 32.3 Å². The molecule has 23 heavy (non-hydrogen) atoms. The maximum atomic E-state index is 9.50. The van der Waals surface area contributed by atoms with E-state index in [1.54, 1.807) is 6.20 Å². The van der Waals surface area contributed by atoms with Gasteiger partial charge in [0.25, 0.3) is 0 Å². The van der Waals surface area contributed by atoms with Gasteiger partial charge in [0.15, 0.2) is 11.5 Å². The average molecular weight is 327 g/mol. The van der Waals surface area contributed by atoms with Crippen molar-refractivity contribution in [2.75, 3.05) is 18.0 Å². The van der Waals surface area contributed by atoms with Gasteiger partial charge in [0.1, 0.15) is 11.7 Å². The number of hydrogen-bond donors (Lipinski definition) is 0. The SMILES string of the molecule is N#Cc1c(N2CCC(n3cc(Cl)cn3)CC2)nc2ccccn12. The third-order valence-corrected chi connectivity index (χ3v) is 4.52. The van der Waals surface area contributed by atoms with Gasteiger partial charge in [-0.3, -0.25) is 9.08 Å². The van der Waals surface area contributed by atoms with Gasteiger partial charge in [-0.25, -0.2) is 4.98 Å². The van der Waals surface area contributed by atoms with Gasteiger partial charge in [0, 0.05) is 25.5 Å². The summed E-state index contributed by atoms with van der Waals surface area (Å²) in [5, 5.41) is 14.5. The molecule has 0 aliphatic carbocycles. The van der Waals surface area contributed by atoms with Gasteiger partial charge >= 0.3 is 0 Å². The van der Waals surface area contributed by atoms with E-state index >= 15 is 0 Å². The topological polar surface area (TPSA) is 62.2 Å². The highest BCUT2D eigenvalue weighted by atomic mass is 35.5. The molecule has 3 aromatic heterocycles. The highest BCUT2D eigenvalue weighted by Gasteiger charge is 2.25. The van der Waals surface area contributed by atoms with E-state index in [1.807, 2.05) is 39.7 Å². The molecule has 7 heteroatoms. The van der Waals surface area contributed by atoms with Crippen LogP contribution in [0.15, 0.2) is 36.8 Å². The van der Waals surface area contributed by atoms with E-state index in [0.29, 0.717) is 16.8 Å². The summed E-state index contributed by atoms with van der Waals surface area (Å²) >= 11 is 5.95. The van der Waals surface area contributed by atoms with E-state index in [9.17, 15) is 5.26 Å². The number of nitriles is 1. The van der Waals surface area contributed by atoms with E-state index in [0.717, 1.165) is 37.4 Å².